The van der Waals surface area contributed by atoms with Crippen LogP contribution in [0.5, 0.6) is 17.4 Å². The molecule has 1 atom stereocenters. The van der Waals surface area contributed by atoms with Crippen LogP contribution in [0.4, 0.5) is 5.69 Å². The van der Waals surface area contributed by atoms with Gasteiger partial charge in [0, 0.05) is 22.6 Å². The number of thioether (sulfide) groups is 1. The fraction of sp³-hybridized carbons (Fsp3) is 0.318. The second-order valence-electron chi connectivity index (χ2n) is 7.05. The Morgan fingerprint density at radius 3 is 2.87 bits per heavy atom. The lowest BCUT2D eigenvalue weighted by Crippen LogP contribution is -2.17. The van der Waals surface area contributed by atoms with Gasteiger partial charge >= 0.3 is 0 Å². The van der Waals surface area contributed by atoms with Gasteiger partial charge in [-0.2, -0.15) is 4.98 Å². The van der Waals surface area contributed by atoms with E-state index >= 15 is 0 Å². The Labute approximate surface area is 193 Å². The van der Waals surface area contributed by atoms with Crippen molar-refractivity contribution in [3.8, 4) is 28.6 Å². The molecule has 31 heavy (non-hydrogen) atoms. The molecule has 4 rings (SSSR count). The van der Waals surface area contributed by atoms with E-state index in [0.29, 0.717) is 27.0 Å². The van der Waals surface area contributed by atoms with Gasteiger partial charge in [0.25, 0.3) is 0 Å². The number of phenolic OH excluding ortho intramolecular Hbond substituents is 1. The number of methoxy groups -OCH3 is 1. The smallest absolute Gasteiger partial charge is 0.247 e. The number of fused-ring (bicyclic) bond motifs is 3. The zero-order chi connectivity index (χ0) is 21.8. The van der Waals surface area contributed by atoms with Gasteiger partial charge in [0.15, 0.2) is 23.4 Å². The molecule has 162 valence electrons. The second kappa shape index (κ2) is 9.74. The molecular weight excluding hydrogens is 480 g/mol. The normalized spacial score (nSPS) is 14.6. The number of aromatic nitrogens is 3. The van der Waals surface area contributed by atoms with Crippen LogP contribution in [0.1, 0.15) is 38.0 Å². The van der Waals surface area contributed by atoms with Crippen molar-refractivity contribution in [3.05, 3.63) is 46.4 Å². The fourth-order valence-corrected chi connectivity index (χ4v) is 4.51. The van der Waals surface area contributed by atoms with Gasteiger partial charge in [0.05, 0.1) is 11.6 Å². The molecule has 1 aliphatic rings. The highest BCUT2D eigenvalue weighted by atomic mass is 79.9. The molecule has 0 saturated heterocycles. The van der Waals surface area contributed by atoms with E-state index in [9.17, 15) is 5.11 Å². The van der Waals surface area contributed by atoms with Crippen molar-refractivity contribution in [2.75, 3.05) is 18.2 Å². The van der Waals surface area contributed by atoms with Crippen molar-refractivity contribution in [1.29, 1.82) is 0 Å². The Morgan fingerprint density at radius 1 is 1.23 bits per heavy atom. The number of rotatable bonds is 7. The van der Waals surface area contributed by atoms with Crippen LogP contribution < -0.4 is 14.8 Å². The minimum absolute atomic E-state index is 0.0374. The second-order valence-corrected chi connectivity index (χ2v) is 8.96. The van der Waals surface area contributed by atoms with Crippen LogP contribution in [-0.4, -0.2) is 33.2 Å². The fourth-order valence-electron chi connectivity index (χ4n) is 3.28. The number of benzene rings is 2. The third kappa shape index (κ3) is 4.72. The zero-order valence-electron chi connectivity index (χ0n) is 17.3. The van der Waals surface area contributed by atoms with Crippen LogP contribution in [0.3, 0.4) is 0 Å². The summed E-state index contributed by atoms with van der Waals surface area (Å²) in [6.45, 7) is 2.18. The highest BCUT2D eigenvalue weighted by molar-refractivity contribution is 9.10. The van der Waals surface area contributed by atoms with Gasteiger partial charge < -0.3 is 19.9 Å². The number of nitrogens with zero attached hydrogens (tertiary/aromatic N) is 3. The largest absolute Gasteiger partial charge is 0.503 e. The molecule has 2 heterocycles. The minimum atomic E-state index is -0.567. The summed E-state index contributed by atoms with van der Waals surface area (Å²) in [5.74, 6) is 1.74. The number of hydrogen-bond donors (Lipinski definition) is 2. The number of nitrogens with one attached hydrogen (secondary N) is 1. The summed E-state index contributed by atoms with van der Waals surface area (Å²) in [4.78, 5) is 4.66. The van der Waals surface area contributed by atoms with E-state index in [1.165, 1.54) is 20.0 Å². The van der Waals surface area contributed by atoms with E-state index in [4.69, 9.17) is 9.47 Å². The molecule has 1 unspecified atom stereocenters. The molecule has 1 aliphatic heterocycles. The SMILES string of the molecule is CCCCCSc1nnc2c(n1)OC(c1cc(Br)c(O)c(OC)c1)Nc1ccccc1-2. The first-order valence-corrected chi connectivity index (χ1v) is 11.8. The lowest BCUT2D eigenvalue weighted by Gasteiger charge is -2.20. The first kappa shape index (κ1) is 21.7. The Morgan fingerprint density at radius 2 is 2.06 bits per heavy atom. The highest BCUT2D eigenvalue weighted by Crippen LogP contribution is 2.42. The Balaban J connectivity index is 1.72. The Bertz CT molecular complexity index is 1080. The number of phenols is 1. The lowest BCUT2D eigenvalue weighted by molar-refractivity contribution is 0.224. The minimum Gasteiger partial charge on any atom is -0.503 e. The average molecular weight is 503 g/mol. The Hall–Kier alpha value is -2.52. The molecular formula is C22H23BrN4O3S. The molecule has 2 N–H and O–H groups in total. The summed E-state index contributed by atoms with van der Waals surface area (Å²) in [5, 5.41) is 22.9. The number of para-hydroxylation sites is 1. The number of halogens is 1. The van der Waals surface area contributed by atoms with Crippen molar-refractivity contribution in [3.63, 3.8) is 0 Å². The number of anilines is 1. The number of ether oxygens (including phenoxy) is 2. The number of unbranched alkanes of at least 4 members (excludes halogenated alkanes) is 2. The summed E-state index contributed by atoms with van der Waals surface area (Å²) in [5.41, 5.74) is 3.08. The number of hydrogen-bond acceptors (Lipinski definition) is 8. The standard InChI is InChI=1S/C22H23BrN4O3S/c1-3-4-7-10-31-22-25-21-18(26-27-22)14-8-5-6-9-16(14)24-20(30-21)13-11-15(23)19(28)17(12-13)29-2/h5-6,8-9,11-12,20,24,28H,3-4,7,10H2,1-2H3. The summed E-state index contributed by atoms with van der Waals surface area (Å²) in [6, 6.07) is 11.3. The predicted molar refractivity (Wildman–Crippen MR) is 125 cm³/mol. The average Bonchev–Trinajstić information content (AvgIpc) is 2.95. The summed E-state index contributed by atoms with van der Waals surface area (Å²) in [7, 11) is 1.51. The summed E-state index contributed by atoms with van der Waals surface area (Å²) in [6.07, 6.45) is 2.89. The molecule has 0 saturated carbocycles. The van der Waals surface area contributed by atoms with E-state index in [1.54, 1.807) is 23.9 Å². The van der Waals surface area contributed by atoms with Crippen molar-refractivity contribution in [2.24, 2.45) is 0 Å². The molecule has 0 bridgehead atoms. The van der Waals surface area contributed by atoms with Gasteiger partial charge in [0.1, 0.15) is 0 Å². The maximum absolute atomic E-state index is 10.2. The molecule has 0 radical (unpaired) electrons. The van der Waals surface area contributed by atoms with Gasteiger partial charge in [-0.3, -0.25) is 0 Å². The summed E-state index contributed by atoms with van der Waals surface area (Å²) < 4.78 is 12.1. The zero-order valence-corrected chi connectivity index (χ0v) is 19.7. The first-order chi connectivity index (χ1) is 15.1. The van der Waals surface area contributed by atoms with Crippen molar-refractivity contribution in [1.82, 2.24) is 15.2 Å². The van der Waals surface area contributed by atoms with Gasteiger partial charge in [-0.1, -0.05) is 49.7 Å². The van der Waals surface area contributed by atoms with Crippen molar-refractivity contribution < 1.29 is 14.6 Å². The van der Waals surface area contributed by atoms with Crippen LogP contribution in [-0.2, 0) is 0 Å². The highest BCUT2D eigenvalue weighted by Gasteiger charge is 2.27. The monoisotopic (exact) mass is 502 g/mol. The van der Waals surface area contributed by atoms with E-state index < -0.39 is 6.23 Å². The molecule has 0 aliphatic carbocycles. The summed E-state index contributed by atoms with van der Waals surface area (Å²) >= 11 is 4.97. The topological polar surface area (TPSA) is 89.4 Å². The van der Waals surface area contributed by atoms with Gasteiger partial charge in [-0.05, 0) is 40.5 Å². The maximum Gasteiger partial charge on any atom is 0.247 e. The van der Waals surface area contributed by atoms with Crippen molar-refractivity contribution >= 4 is 33.4 Å². The quantitative estimate of drug-likeness (QED) is 0.309. The van der Waals surface area contributed by atoms with Gasteiger partial charge in [0.2, 0.25) is 11.0 Å². The third-order valence-corrected chi connectivity index (χ3v) is 6.41. The van der Waals surface area contributed by atoms with E-state index in [-0.39, 0.29) is 5.75 Å². The van der Waals surface area contributed by atoms with Gasteiger partial charge in [-0.15, -0.1) is 10.2 Å². The Kier molecular flexibility index (Phi) is 6.82. The van der Waals surface area contributed by atoms with Crippen LogP contribution in [0.25, 0.3) is 11.3 Å². The molecule has 3 aromatic rings. The number of aromatic hydroxyl groups is 1. The lowest BCUT2D eigenvalue weighted by atomic mass is 10.1. The molecule has 9 heteroatoms. The molecule has 1 aromatic heterocycles. The van der Waals surface area contributed by atoms with Crippen LogP contribution >= 0.6 is 27.7 Å². The molecule has 0 spiro atoms. The van der Waals surface area contributed by atoms with Crippen LogP contribution in [0.15, 0.2) is 46.0 Å². The maximum atomic E-state index is 10.2. The van der Waals surface area contributed by atoms with Crippen LogP contribution in [0.2, 0.25) is 0 Å². The molecule has 2 aromatic carbocycles. The molecule has 7 nitrogen and oxygen atoms in total. The molecule has 0 fully saturated rings. The van der Waals surface area contributed by atoms with E-state index in [0.717, 1.165) is 29.0 Å². The van der Waals surface area contributed by atoms with Crippen LogP contribution in [0, 0.1) is 0 Å². The van der Waals surface area contributed by atoms with Gasteiger partial charge in [-0.25, -0.2) is 0 Å². The predicted octanol–water partition coefficient (Wildman–Crippen LogP) is 5.80. The third-order valence-electron chi connectivity index (χ3n) is 4.89. The van der Waals surface area contributed by atoms with Crippen molar-refractivity contribution in [2.45, 2.75) is 37.6 Å². The first-order valence-electron chi connectivity index (χ1n) is 10.1. The van der Waals surface area contributed by atoms with E-state index in [1.807, 2.05) is 24.3 Å². The molecule has 0 amide bonds. The van der Waals surface area contributed by atoms with E-state index in [2.05, 4.69) is 43.4 Å².